The van der Waals surface area contributed by atoms with Crippen LogP contribution in [0.25, 0.3) is 0 Å². The summed E-state index contributed by atoms with van der Waals surface area (Å²) in [4.78, 5) is 0. The summed E-state index contributed by atoms with van der Waals surface area (Å²) in [7, 11) is -0.607. The maximum Gasteiger partial charge on any atom is 0.168 e. The molecule has 0 bridgehead atoms. The van der Waals surface area contributed by atoms with Gasteiger partial charge in [-0.05, 0) is 22.6 Å². The van der Waals surface area contributed by atoms with Crippen molar-refractivity contribution in [2.45, 2.75) is 38.1 Å². The zero-order chi connectivity index (χ0) is 15.1. The molecule has 2 heteroatoms. The lowest BCUT2D eigenvalue weighted by atomic mass is 9.82. The van der Waals surface area contributed by atoms with E-state index < -0.39 is 9.76 Å². The predicted octanol–water partition coefficient (Wildman–Crippen LogP) is 4.53. The van der Waals surface area contributed by atoms with Crippen LogP contribution >= 0.6 is 0 Å². The minimum absolute atomic E-state index is 0.192. The van der Waals surface area contributed by atoms with Crippen LogP contribution in [0.3, 0.4) is 0 Å². The Hall–Kier alpha value is -1.38. The summed E-state index contributed by atoms with van der Waals surface area (Å²) in [5.74, 6) is 0.406. The van der Waals surface area contributed by atoms with Crippen LogP contribution in [-0.2, 0) is 4.43 Å². The van der Waals surface area contributed by atoms with Crippen LogP contribution in [0.1, 0.15) is 44.2 Å². The molecular weight excluding hydrogens is 272 g/mol. The lowest BCUT2D eigenvalue weighted by molar-refractivity contribution is 0.312. The first-order valence-corrected chi connectivity index (χ1v) is 9.11. The summed E-state index contributed by atoms with van der Waals surface area (Å²) < 4.78 is 6.01. The van der Waals surface area contributed by atoms with E-state index in [1.165, 1.54) is 11.1 Å². The second-order valence-corrected chi connectivity index (χ2v) is 8.81. The van der Waals surface area contributed by atoms with Crippen LogP contribution < -0.4 is 0 Å². The third-order valence-electron chi connectivity index (χ3n) is 3.87. The molecule has 2 rings (SSSR count). The Labute approximate surface area is 131 Å². The van der Waals surface area contributed by atoms with E-state index in [1.807, 2.05) is 0 Å². The molecule has 0 spiro atoms. The van der Waals surface area contributed by atoms with Crippen molar-refractivity contribution in [3.05, 3.63) is 71.8 Å². The van der Waals surface area contributed by atoms with Crippen LogP contribution in [0.4, 0.5) is 0 Å². The smallest absolute Gasteiger partial charge is 0.168 e. The highest BCUT2D eigenvalue weighted by Gasteiger charge is 2.32. The molecule has 0 fully saturated rings. The highest BCUT2D eigenvalue weighted by Crippen LogP contribution is 2.45. The Bertz CT molecular complexity index is 482. The van der Waals surface area contributed by atoms with E-state index in [0.29, 0.717) is 5.92 Å². The van der Waals surface area contributed by atoms with Gasteiger partial charge in [-0.1, -0.05) is 81.4 Å². The number of benzene rings is 2. The molecule has 0 saturated heterocycles. The van der Waals surface area contributed by atoms with Crippen LogP contribution in [0, 0.1) is 0 Å². The molecule has 0 radical (unpaired) electrons. The number of hydrogen-bond donors (Lipinski definition) is 0. The molecule has 0 aliphatic rings. The van der Waals surface area contributed by atoms with Crippen LogP contribution in [0.2, 0.25) is 5.04 Å². The van der Waals surface area contributed by atoms with E-state index in [0.717, 1.165) is 13.0 Å². The standard InChI is InChI=1S/C19H26OSi/c1-4-15-20-21-19(2,3)18(16-11-7-5-8-12-16)17-13-9-6-10-14-17/h5-14,18H,4,15,21H2,1-3H3. The monoisotopic (exact) mass is 298 g/mol. The first-order valence-electron chi connectivity index (χ1n) is 7.83. The Balaban J connectivity index is 2.32. The zero-order valence-corrected chi connectivity index (χ0v) is 14.8. The van der Waals surface area contributed by atoms with Gasteiger partial charge >= 0.3 is 0 Å². The van der Waals surface area contributed by atoms with E-state index >= 15 is 0 Å². The first-order chi connectivity index (χ1) is 10.1. The molecule has 0 aromatic heterocycles. The molecule has 2 aromatic carbocycles. The van der Waals surface area contributed by atoms with E-state index in [9.17, 15) is 0 Å². The van der Waals surface area contributed by atoms with Gasteiger partial charge in [-0.2, -0.15) is 0 Å². The zero-order valence-electron chi connectivity index (χ0n) is 13.4. The lowest BCUT2D eigenvalue weighted by Gasteiger charge is -2.34. The molecule has 112 valence electrons. The SMILES string of the molecule is CCCO[SiH2]C(C)(C)C(c1ccccc1)c1ccccc1. The van der Waals surface area contributed by atoms with Crippen molar-refractivity contribution in [1.29, 1.82) is 0 Å². The number of hydrogen-bond acceptors (Lipinski definition) is 1. The summed E-state index contributed by atoms with van der Waals surface area (Å²) in [5.41, 5.74) is 2.78. The molecule has 0 atom stereocenters. The fourth-order valence-corrected chi connectivity index (χ4v) is 4.55. The van der Waals surface area contributed by atoms with Gasteiger partial charge in [0, 0.05) is 12.5 Å². The minimum Gasteiger partial charge on any atom is -0.423 e. The Morgan fingerprint density at radius 1 is 0.905 bits per heavy atom. The molecule has 0 unspecified atom stereocenters. The topological polar surface area (TPSA) is 9.23 Å². The second kappa shape index (κ2) is 7.58. The van der Waals surface area contributed by atoms with Gasteiger partial charge in [0.05, 0.1) is 0 Å². The summed E-state index contributed by atoms with van der Waals surface area (Å²) in [6.07, 6.45) is 1.10. The first kappa shape index (κ1) is 16.0. The molecule has 1 nitrogen and oxygen atoms in total. The minimum atomic E-state index is -0.607. The fourth-order valence-electron chi connectivity index (χ4n) is 2.95. The van der Waals surface area contributed by atoms with Crippen molar-refractivity contribution in [2.24, 2.45) is 0 Å². The van der Waals surface area contributed by atoms with Gasteiger partial charge in [-0.15, -0.1) is 0 Å². The van der Waals surface area contributed by atoms with E-state index in [2.05, 4.69) is 81.4 Å². The van der Waals surface area contributed by atoms with Gasteiger partial charge in [0.25, 0.3) is 0 Å². The Kier molecular flexibility index (Phi) is 5.77. The maximum absolute atomic E-state index is 6.01. The quantitative estimate of drug-likeness (QED) is 0.539. The third-order valence-corrected chi connectivity index (χ3v) is 5.51. The molecular formula is C19H26OSi. The van der Waals surface area contributed by atoms with Crippen molar-refractivity contribution in [3.63, 3.8) is 0 Å². The van der Waals surface area contributed by atoms with Gasteiger partial charge in [0.15, 0.2) is 9.76 Å². The van der Waals surface area contributed by atoms with Crippen molar-refractivity contribution in [3.8, 4) is 0 Å². The van der Waals surface area contributed by atoms with Crippen molar-refractivity contribution < 1.29 is 4.43 Å². The summed E-state index contributed by atoms with van der Waals surface area (Å²) in [6, 6.07) is 21.7. The summed E-state index contributed by atoms with van der Waals surface area (Å²) in [6.45, 7) is 7.79. The van der Waals surface area contributed by atoms with Gasteiger partial charge < -0.3 is 4.43 Å². The van der Waals surface area contributed by atoms with Gasteiger partial charge in [0.2, 0.25) is 0 Å². The molecule has 0 aliphatic carbocycles. The molecule has 0 N–H and O–H groups in total. The average molecular weight is 299 g/mol. The highest BCUT2D eigenvalue weighted by molar-refractivity contribution is 6.32. The highest BCUT2D eigenvalue weighted by atomic mass is 28.2. The number of rotatable bonds is 7. The van der Waals surface area contributed by atoms with Crippen molar-refractivity contribution in [1.82, 2.24) is 0 Å². The molecule has 0 heterocycles. The maximum atomic E-state index is 6.01. The van der Waals surface area contributed by atoms with Gasteiger partial charge in [-0.3, -0.25) is 0 Å². The Morgan fingerprint density at radius 2 is 1.38 bits per heavy atom. The van der Waals surface area contributed by atoms with Gasteiger partial charge in [0.1, 0.15) is 0 Å². The molecule has 2 aromatic rings. The van der Waals surface area contributed by atoms with Crippen molar-refractivity contribution in [2.75, 3.05) is 6.61 Å². The van der Waals surface area contributed by atoms with Crippen LogP contribution in [0.15, 0.2) is 60.7 Å². The molecule has 0 saturated carbocycles. The molecule has 21 heavy (non-hydrogen) atoms. The van der Waals surface area contributed by atoms with E-state index in [1.54, 1.807) is 0 Å². The summed E-state index contributed by atoms with van der Waals surface area (Å²) in [5, 5.41) is 0.192. The van der Waals surface area contributed by atoms with Crippen LogP contribution in [0.5, 0.6) is 0 Å². The van der Waals surface area contributed by atoms with Gasteiger partial charge in [-0.25, -0.2) is 0 Å². The predicted molar refractivity (Wildman–Crippen MR) is 93.6 cm³/mol. The molecule has 0 aliphatic heterocycles. The van der Waals surface area contributed by atoms with E-state index in [4.69, 9.17) is 4.43 Å². The van der Waals surface area contributed by atoms with Crippen molar-refractivity contribution >= 4 is 9.76 Å². The summed E-state index contributed by atoms with van der Waals surface area (Å²) >= 11 is 0. The largest absolute Gasteiger partial charge is 0.423 e. The second-order valence-electron chi connectivity index (χ2n) is 6.30. The third kappa shape index (κ3) is 4.29. The van der Waals surface area contributed by atoms with E-state index in [-0.39, 0.29) is 5.04 Å². The van der Waals surface area contributed by atoms with Crippen LogP contribution in [-0.4, -0.2) is 16.4 Å². The Morgan fingerprint density at radius 3 is 1.81 bits per heavy atom. The normalized spacial score (nSPS) is 12.4. The average Bonchev–Trinajstić information content (AvgIpc) is 2.49. The molecule has 0 amide bonds. The fraction of sp³-hybridized carbons (Fsp3) is 0.368. The lowest BCUT2D eigenvalue weighted by Crippen LogP contribution is -2.25.